The maximum Gasteiger partial charge on any atom is 0.335 e. The largest absolute Gasteiger partial charge is 0.478 e. The second-order valence-corrected chi connectivity index (χ2v) is 7.60. The number of sulfone groups is 1. The summed E-state index contributed by atoms with van der Waals surface area (Å²) >= 11 is 7.29. The van der Waals surface area contributed by atoms with E-state index in [4.69, 9.17) is 16.7 Å². The number of carboxylic acid groups (broad SMARTS) is 1. The van der Waals surface area contributed by atoms with E-state index in [9.17, 15) is 13.2 Å². The van der Waals surface area contributed by atoms with E-state index in [2.05, 4.69) is 4.98 Å². The first-order valence-electron chi connectivity index (χ1n) is 6.02. The summed E-state index contributed by atoms with van der Waals surface area (Å²) in [4.78, 5) is 15.0. The molecule has 0 amide bonds. The van der Waals surface area contributed by atoms with E-state index >= 15 is 0 Å². The van der Waals surface area contributed by atoms with Crippen molar-refractivity contribution in [2.24, 2.45) is 0 Å². The average Bonchev–Trinajstić information content (AvgIpc) is 2.85. The standard InChI is InChI=1S/C13H12ClNO4S2/c1-2-12-15-9(6-20-12)7-21(18,19)11-5-8(13(16)17)3-4-10(11)14/h3-6H,2,7H2,1H3,(H,16,17). The molecule has 0 aliphatic rings. The van der Waals surface area contributed by atoms with E-state index < -0.39 is 15.8 Å². The van der Waals surface area contributed by atoms with Crippen LogP contribution in [0.1, 0.15) is 28.0 Å². The number of carbonyl (C=O) groups is 1. The molecule has 0 saturated heterocycles. The molecule has 0 bridgehead atoms. The molecule has 112 valence electrons. The van der Waals surface area contributed by atoms with Crippen molar-refractivity contribution in [3.8, 4) is 0 Å². The Labute approximate surface area is 131 Å². The highest BCUT2D eigenvalue weighted by molar-refractivity contribution is 7.90. The van der Waals surface area contributed by atoms with Gasteiger partial charge in [-0.3, -0.25) is 0 Å². The van der Waals surface area contributed by atoms with Gasteiger partial charge in [-0.2, -0.15) is 0 Å². The molecule has 21 heavy (non-hydrogen) atoms. The molecule has 2 rings (SSSR count). The van der Waals surface area contributed by atoms with E-state index in [1.165, 1.54) is 23.5 Å². The lowest BCUT2D eigenvalue weighted by Crippen LogP contribution is -2.08. The van der Waals surface area contributed by atoms with Crippen LogP contribution < -0.4 is 0 Å². The van der Waals surface area contributed by atoms with Crippen LogP contribution in [-0.4, -0.2) is 24.5 Å². The van der Waals surface area contributed by atoms with Crippen LogP contribution in [0.5, 0.6) is 0 Å². The van der Waals surface area contributed by atoms with Crippen molar-refractivity contribution in [1.82, 2.24) is 4.98 Å². The van der Waals surface area contributed by atoms with Crippen molar-refractivity contribution in [2.75, 3.05) is 0 Å². The molecule has 5 nitrogen and oxygen atoms in total. The molecule has 0 aliphatic carbocycles. The number of benzene rings is 1. The lowest BCUT2D eigenvalue weighted by atomic mass is 10.2. The first kappa shape index (κ1) is 15.9. The second-order valence-electron chi connectivity index (χ2n) is 4.30. The Balaban J connectivity index is 2.39. The Morgan fingerprint density at radius 3 is 2.71 bits per heavy atom. The summed E-state index contributed by atoms with van der Waals surface area (Å²) in [5, 5.41) is 11.5. The second kappa shape index (κ2) is 6.13. The van der Waals surface area contributed by atoms with Crippen molar-refractivity contribution < 1.29 is 18.3 Å². The number of thiazole rings is 1. The van der Waals surface area contributed by atoms with Crippen LogP contribution in [0.15, 0.2) is 28.5 Å². The minimum atomic E-state index is -3.75. The van der Waals surface area contributed by atoms with E-state index in [1.807, 2.05) is 6.92 Å². The predicted octanol–water partition coefficient (Wildman–Crippen LogP) is 3.03. The number of aryl methyl sites for hydroxylation is 1. The Hall–Kier alpha value is -1.44. The van der Waals surface area contributed by atoms with Gasteiger partial charge in [0.05, 0.1) is 31.9 Å². The molecule has 0 radical (unpaired) electrons. The van der Waals surface area contributed by atoms with Gasteiger partial charge < -0.3 is 5.11 Å². The fourth-order valence-electron chi connectivity index (χ4n) is 1.72. The van der Waals surface area contributed by atoms with Crippen LogP contribution in [0.4, 0.5) is 0 Å². The summed E-state index contributed by atoms with van der Waals surface area (Å²) in [6.45, 7) is 1.93. The molecule has 0 saturated carbocycles. The third-order valence-corrected chi connectivity index (χ3v) is 5.92. The molecule has 0 aliphatic heterocycles. The van der Waals surface area contributed by atoms with E-state index in [0.29, 0.717) is 5.69 Å². The van der Waals surface area contributed by atoms with Gasteiger partial charge in [0.15, 0.2) is 9.84 Å². The predicted molar refractivity (Wildman–Crippen MR) is 80.8 cm³/mol. The molecule has 0 fully saturated rings. The van der Waals surface area contributed by atoms with Gasteiger partial charge in [-0.05, 0) is 24.6 Å². The summed E-state index contributed by atoms with van der Waals surface area (Å²) in [7, 11) is -3.75. The van der Waals surface area contributed by atoms with Crippen molar-refractivity contribution in [2.45, 2.75) is 24.0 Å². The number of aromatic nitrogens is 1. The number of carboxylic acids is 1. The first-order valence-corrected chi connectivity index (χ1v) is 8.93. The highest BCUT2D eigenvalue weighted by Crippen LogP contribution is 2.26. The van der Waals surface area contributed by atoms with Gasteiger partial charge in [0.2, 0.25) is 0 Å². The fourth-order valence-corrected chi connectivity index (χ4v) is 4.41. The zero-order chi connectivity index (χ0) is 15.6. The topological polar surface area (TPSA) is 84.3 Å². The van der Waals surface area contributed by atoms with Gasteiger partial charge in [-0.1, -0.05) is 18.5 Å². The van der Waals surface area contributed by atoms with Crippen LogP contribution in [-0.2, 0) is 22.0 Å². The molecule has 8 heteroatoms. The summed E-state index contributed by atoms with van der Waals surface area (Å²) in [5.41, 5.74) is 0.319. The maximum atomic E-state index is 12.4. The monoisotopic (exact) mass is 345 g/mol. The van der Waals surface area contributed by atoms with Crippen molar-refractivity contribution >= 4 is 38.7 Å². The smallest absolute Gasteiger partial charge is 0.335 e. The zero-order valence-corrected chi connectivity index (χ0v) is 13.4. The van der Waals surface area contributed by atoms with Crippen LogP contribution in [0.2, 0.25) is 5.02 Å². The maximum absolute atomic E-state index is 12.4. The SMILES string of the molecule is CCc1nc(CS(=O)(=O)c2cc(C(=O)O)ccc2Cl)cs1. The third-order valence-electron chi connectivity index (χ3n) is 2.75. The highest BCUT2D eigenvalue weighted by atomic mass is 35.5. The molecule has 1 aromatic carbocycles. The van der Waals surface area contributed by atoms with Crippen LogP contribution >= 0.6 is 22.9 Å². The lowest BCUT2D eigenvalue weighted by molar-refractivity contribution is 0.0696. The minimum Gasteiger partial charge on any atom is -0.478 e. The van der Waals surface area contributed by atoms with Gasteiger partial charge in [0, 0.05) is 5.38 Å². The number of nitrogens with zero attached hydrogens (tertiary/aromatic N) is 1. The molecule has 0 atom stereocenters. The van der Waals surface area contributed by atoms with Crippen LogP contribution in [0.3, 0.4) is 0 Å². The minimum absolute atomic E-state index is 0.00550. The molecule has 1 N–H and O–H groups in total. The van der Waals surface area contributed by atoms with Crippen LogP contribution in [0.25, 0.3) is 0 Å². The molecular formula is C13H12ClNO4S2. The molecule has 2 aromatic rings. The number of hydrogen-bond donors (Lipinski definition) is 1. The van der Waals surface area contributed by atoms with Crippen LogP contribution in [0, 0.1) is 0 Å². The number of halogens is 1. The third kappa shape index (κ3) is 3.61. The average molecular weight is 346 g/mol. The Morgan fingerprint density at radius 1 is 1.43 bits per heavy atom. The molecule has 1 heterocycles. The van der Waals surface area contributed by atoms with E-state index in [-0.39, 0.29) is 21.2 Å². The van der Waals surface area contributed by atoms with Gasteiger partial charge >= 0.3 is 5.97 Å². The Morgan fingerprint density at radius 2 is 2.14 bits per heavy atom. The molecular weight excluding hydrogens is 334 g/mol. The quantitative estimate of drug-likeness (QED) is 0.900. The van der Waals surface area contributed by atoms with Gasteiger partial charge in [-0.25, -0.2) is 18.2 Å². The van der Waals surface area contributed by atoms with Gasteiger partial charge in [0.1, 0.15) is 0 Å². The van der Waals surface area contributed by atoms with Gasteiger partial charge in [-0.15, -0.1) is 11.3 Å². The normalized spacial score (nSPS) is 11.5. The molecule has 0 unspecified atom stereocenters. The Bertz CT molecular complexity index is 783. The zero-order valence-electron chi connectivity index (χ0n) is 11.0. The Kier molecular flexibility index (Phi) is 4.65. The first-order chi connectivity index (χ1) is 9.83. The summed E-state index contributed by atoms with van der Waals surface area (Å²) < 4.78 is 24.8. The lowest BCUT2D eigenvalue weighted by Gasteiger charge is -2.06. The number of rotatable bonds is 5. The van der Waals surface area contributed by atoms with E-state index in [1.54, 1.807) is 5.38 Å². The van der Waals surface area contributed by atoms with Crippen molar-refractivity contribution in [3.63, 3.8) is 0 Å². The number of aromatic carboxylic acids is 1. The highest BCUT2D eigenvalue weighted by Gasteiger charge is 2.22. The van der Waals surface area contributed by atoms with Gasteiger partial charge in [0.25, 0.3) is 0 Å². The number of hydrogen-bond acceptors (Lipinski definition) is 5. The molecule has 1 aromatic heterocycles. The summed E-state index contributed by atoms with van der Waals surface area (Å²) in [6, 6.07) is 3.62. The fraction of sp³-hybridized carbons (Fsp3) is 0.231. The molecule has 0 spiro atoms. The van der Waals surface area contributed by atoms with Crippen molar-refractivity contribution in [1.29, 1.82) is 0 Å². The summed E-state index contributed by atoms with van der Waals surface area (Å²) in [6.07, 6.45) is 0.736. The van der Waals surface area contributed by atoms with Crippen molar-refractivity contribution in [3.05, 3.63) is 44.9 Å². The van der Waals surface area contributed by atoms with E-state index in [0.717, 1.165) is 17.5 Å². The summed E-state index contributed by atoms with van der Waals surface area (Å²) in [5.74, 6) is -1.50.